The Kier molecular flexibility index (Phi) is 14.8. The molecule has 0 N–H and O–H groups in total. The van der Waals surface area contributed by atoms with Gasteiger partial charge in [0.15, 0.2) is 0 Å². The maximum absolute atomic E-state index is 6.29. The van der Waals surface area contributed by atoms with Crippen LogP contribution in [0.4, 0.5) is 0 Å². The van der Waals surface area contributed by atoms with Gasteiger partial charge in [0.2, 0.25) is 0 Å². The normalized spacial score (nSPS) is 11.7. The zero-order valence-electron chi connectivity index (χ0n) is 20.7. The maximum atomic E-state index is 6.29. The van der Waals surface area contributed by atoms with Crippen molar-refractivity contribution in [1.29, 1.82) is 0 Å². The predicted octanol–water partition coefficient (Wildman–Crippen LogP) is 9.28. The molecule has 0 aliphatic carbocycles. The first-order chi connectivity index (χ1) is 14.7. The number of halogens is 2. The van der Waals surface area contributed by atoms with E-state index < -0.39 is 36.8 Å². The standard InChI is InChI=1S/2C6H4Cl.3C4H9.3CH3.2Sn/c2*7-6-4-2-1-3-5-6;3*1-3-4-2;;;;;/h2-5H;1-2,4-5H;3*1,3-4H2,2H3;3*1H3;;. The average molecular weight is 677 g/mol. The van der Waals surface area contributed by atoms with Crippen molar-refractivity contribution in [2.75, 3.05) is 0 Å². The van der Waals surface area contributed by atoms with Crippen molar-refractivity contribution in [3.8, 4) is 0 Å². The summed E-state index contributed by atoms with van der Waals surface area (Å²) in [7, 11) is 0. The summed E-state index contributed by atoms with van der Waals surface area (Å²) in [6, 6.07) is 17.2. The van der Waals surface area contributed by atoms with Crippen LogP contribution in [0.15, 0.2) is 48.5 Å². The molecule has 0 atom stereocenters. The van der Waals surface area contributed by atoms with Crippen molar-refractivity contribution < 1.29 is 0 Å². The molecule has 0 unspecified atom stereocenters. The fraction of sp³-hybridized carbons (Fsp3) is 0.556. The van der Waals surface area contributed by atoms with E-state index in [2.05, 4.69) is 65.9 Å². The topological polar surface area (TPSA) is 0 Å². The Morgan fingerprint density at radius 2 is 1.10 bits per heavy atom. The van der Waals surface area contributed by atoms with Crippen LogP contribution in [-0.4, -0.2) is 36.8 Å². The molecule has 0 saturated heterocycles. The van der Waals surface area contributed by atoms with Crippen LogP contribution >= 0.6 is 23.2 Å². The Morgan fingerprint density at radius 3 is 1.48 bits per heavy atom. The molecule has 0 radical (unpaired) electrons. The number of unbranched alkanes of at least 4 members (excludes halogenated alkanes) is 3. The minimum absolute atomic E-state index is 0.837. The second-order valence-corrected chi connectivity index (χ2v) is 38.5. The van der Waals surface area contributed by atoms with Gasteiger partial charge in [0, 0.05) is 0 Å². The molecule has 31 heavy (non-hydrogen) atoms. The molecule has 0 amide bonds. The second-order valence-electron chi connectivity index (χ2n) is 9.86. The summed E-state index contributed by atoms with van der Waals surface area (Å²) < 4.78 is 7.77. The summed E-state index contributed by atoms with van der Waals surface area (Å²) in [5, 5.41) is 1.78. The molecule has 0 aliphatic rings. The molecule has 0 saturated carbocycles. The van der Waals surface area contributed by atoms with Crippen LogP contribution in [0.5, 0.6) is 0 Å². The Labute approximate surface area is 211 Å². The van der Waals surface area contributed by atoms with E-state index in [0.29, 0.717) is 0 Å². The van der Waals surface area contributed by atoms with E-state index in [1.165, 1.54) is 55.4 Å². The van der Waals surface area contributed by atoms with Crippen LogP contribution in [0.1, 0.15) is 59.3 Å². The number of hydrogen-bond donors (Lipinski definition) is 0. The van der Waals surface area contributed by atoms with Crippen molar-refractivity contribution >= 4 is 67.1 Å². The molecule has 0 fully saturated rings. The molecule has 4 heteroatoms. The second kappa shape index (κ2) is 15.5. The zero-order valence-corrected chi connectivity index (χ0v) is 28.0. The van der Waals surface area contributed by atoms with Gasteiger partial charge in [-0.1, -0.05) is 0 Å². The Balaban J connectivity index is 0.000000367. The van der Waals surface area contributed by atoms with Gasteiger partial charge in [-0.15, -0.1) is 0 Å². The molecule has 2 rings (SSSR count). The third-order valence-electron chi connectivity index (χ3n) is 6.17. The fourth-order valence-corrected chi connectivity index (χ4v) is 24.1. The third-order valence-corrected chi connectivity index (χ3v) is 28.2. The van der Waals surface area contributed by atoms with Gasteiger partial charge in [0.25, 0.3) is 0 Å². The van der Waals surface area contributed by atoms with Crippen LogP contribution in [0.3, 0.4) is 0 Å². The van der Waals surface area contributed by atoms with E-state index in [-0.39, 0.29) is 0 Å². The van der Waals surface area contributed by atoms with Crippen molar-refractivity contribution in [1.82, 2.24) is 0 Å². The minimum atomic E-state index is -2.22. The molecule has 0 nitrogen and oxygen atoms in total. The first-order valence-electron chi connectivity index (χ1n) is 12.2. The SMILES string of the molecule is CCC[CH2][Sn]([CH2]CCC)([CH2]CCC)[c]1cccc(Cl)c1.[CH3][Sn]([CH3])([CH3])[c]1ccc(Cl)cc1. The van der Waals surface area contributed by atoms with Crippen molar-refractivity contribution in [2.24, 2.45) is 0 Å². The Hall–Kier alpha value is 0.617. The van der Waals surface area contributed by atoms with Gasteiger partial charge in [0.1, 0.15) is 0 Å². The van der Waals surface area contributed by atoms with E-state index in [1.807, 2.05) is 18.2 Å². The van der Waals surface area contributed by atoms with Gasteiger partial charge in [0.05, 0.1) is 0 Å². The van der Waals surface area contributed by atoms with Crippen molar-refractivity contribution in [3.63, 3.8) is 0 Å². The summed E-state index contributed by atoms with van der Waals surface area (Å²) in [6.45, 7) is 6.98. The van der Waals surface area contributed by atoms with Gasteiger partial charge in [-0.05, 0) is 0 Å². The zero-order chi connectivity index (χ0) is 23.3. The summed E-state index contributed by atoms with van der Waals surface area (Å²) in [5.41, 5.74) is 0. The Morgan fingerprint density at radius 1 is 0.613 bits per heavy atom. The van der Waals surface area contributed by atoms with Crippen LogP contribution in [0, 0.1) is 0 Å². The van der Waals surface area contributed by atoms with Crippen LogP contribution < -0.4 is 7.16 Å². The quantitative estimate of drug-likeness (QED) is 0.208. The summed E-state index contributed by atoms with van der Waals surface area (Å²) in [5.74, 6) is 0. The average Bonchev–Trinajstić information content (AvgIpc) is 2.74. The molecule has 0 aromatic heterocycles. The third kappa shape index (κ3) is 11.1. The van der Waals surface area contributed by atoms with Gasteiger partial charge >= 0.3 is 213 Å². The van der Waals surface area contributed by atoms with Crippen molar-refractivity contribution in [2.45, 2.75) is 87.4 Å². The molecule has 0 aliphatic heterocycles. The van der Waals surface area contributed by atoms with Crippen molar-refractivity contribution in [3.05, 3.63) is 58.6 Å². The molecule has 174 valence electrons. The molecule has 0 spiro atoms. The molecule has 2 aromatic carbocycles. The van der Waals surface area contributed by atoms with Crippen LogP contribution in [0.25, 0.3) is 0 Å². The molecule has 0 heterocycles. The van der Waals surface area contributed by atoms with E-state index >= 15 is 0 Å². The van der Waals surface area contributed by atoms with Crippen LogP contribution in [-0.2, 0) is 0 Å². The first kappa shape index (κ1) is 29.6. The summed E-state index contributed by atoms with van der Waals surface area (Å²) >= 11 is 8.05. The van der Waals surface area contributed by atoms with Gasteiger partial charge in [-0.2, -0.15) is 0 Å². The monoisotopic (exact) mass is 678 g/mol. The van der Waals surface area contributed by atoms with E-state index in [0.717, 1.165) is 10.0 Å². The van der Waals surface area contributed by atoms with E-state index in [4.69, 9.17) is 23.2 Å². The molecule has 2 aromatic rings. The summed E-state index contributed by atoms with van der Waals surface area (Å²) in [6.07, 6.45) is 8.23. The molecule has 0 bridgehead atoms. The number of hydrogen-bond acceptors (Lipinski definition) is 0. The first-order valence-corrected chi connectivity index (χ1v) is 30.4. The molecular weight excluding hydrogens is 633 g/mol. The van der Waals surface area contributed by atoms with Gasteiger partial charge in [-0.25, -0.2) is 0 Å². The predicted molar refractivity (Wildman–Crippen MR) is 150 cm³/mol. The molecular formula is C27H44Cl2Sn2. The van der Waals surface area contributed by atoms with E-state index in [1.54, 1.807) is 3.58 Å². The number of benzene rings is 2. The fourth-order valence-electron chi connectivity index (χ4n) is 4.12. The van der Waals surface area contributed by atoms with E-state index in [9.17, 15) is 0 Å². The van der Waals surface area contributed by atoms with Gasteiger partial charge in [-0.3, -0.25) is 0 Å². The Bertz CT molecular complexity index is 714. The van der Waals surface area contributed by atoms with Crippen LogP contribution in [0.2, 0.25) is 38.2 Å². The summed E-state index contributed by atoms with van der Waals surface area (Å²) in [4.78, 5) is 7.20. The number of rotatable bonds is 11. The van der Waals surface area contributed by atoms with Gasteiger partial charge < -0.3 is 0 Å².